The van der Waals surface area contributed by atoms with Gasteiger partial charge >= 0.3 is 12.1 Å². The highest BCUT2D eigenvalue weighted by molar-refractivity contribution is 5.87. The molecule has 0 radical (unpaired) electrons. The molecule has 0 aliphatic rings. The van der Waals surface area contributed by atoms with Crippen LogP contribution in [0.5, 0.6) is 11.5 Å². The van der Waals surface area contributed by atoms with Crippen molar-refractivity contribution in [3.05, 3.63) is 70.5 Å². The zero-order valence-corrected chi connectivity index (χ0v) is 15.3. The van der Waals surface area contributed by atoms with Crippen LogP contribution in [0.2, 0.25) is 0 Å². The lowest BCUT2D eigenvalue weighted by Gasteiger charge is -2.12. The summed E-state index contributed by atoms with van der Waals surface area (Å²) in [5.74, 6) is -0.374. The standard InChI is InChI=1S/C20H14F3N3O3/c1-11-18(29-16-7-4-13(5-8-16)19(27)28)12(2)26(25-11)15-6-3-14(10-24)17(9-15)20(21,22)23/h3-9H,1-2H3,(H,27,28). The molecule has 0 atom stereocenters. The molecule has 2 aromatic carbocycles. The summed E-state index contributed by atoms with van der Waals surface area (Å²) in [6.45, 7) is 3.27. The van der Waals surface area contributed by atoms with Gasteiger partial charge in [-0.15, -0.1) is 0 Å². The minimum atomic E-state index is -4.68. The van der Waals surface area contributed by atoms with Crippen LogP contribution < -0.4 is 4.74 Å². The van der Waals surface area contributed by atoms with Gasteiger partial charge in [0, 0.05) is 0 Å². The first-order chi connectivity index (χ1) is 13.6. The van der Waals surface area contributed by atoms with Crippen LogP contribution in [0.1, 0.15) is 32.9 Å². The molecule has 0 spiro atoms. The predicted molar refractivity (Wildman–Crippen MR) is 96.2 cm³/mol. The first-order valence-corrected chi connectivity index (χ1v) is 8.31. The lowest BCUT2D eigenvalue weighted by atomic mass is 10.1. The molecule has 3 rings (SSSR count). The van der Waals surface area contributed by atoms with Gasteiger partial charge in [0.1, 0.15) is 11.4 Å². The second kappa shape index (κ2) is 7.31. The van der Waals surface area contributed by atoms with Gasteiger partial charge in [-0.1, -0.05) is 0 Å². The summed E-state index contributed by atoms with van der Waals surface area (Å²) < 4.78 is 46.8. The molecular weight excluding hydrogens is 387 g/mol. The van der Waals surface area contributed by atoms with E-state index in [4.69, 9.17) is 15.1 Å². The van der Waals surface area contributed by atoms with Gasteiger partial charge in [0.15, 0.2) is 5.75 Å². The zero-order chi connectivity index (χ0) is 21.3. The number of carboxylic acids is 1. The van der Waals surface area contributed by atoms with E-state index in [9.17, 15) is 18.0 Å². The molecule has 0 fully saturated rings. The fourth-order valence-electron chi connectivity index (χ4n) is 2.81. The Morgan fingerprint density at radius 1 is 1.17 bits per heavy atom. The van der Waals surface area contributed by atoms with E-state index >= 15 is 0 Å². The van der Waals surface area contributed by atoms with E-state index in [-0.39, 0.29) is 11.3 Å². The van der Waals surface area contributed by atoms with E-state index in [1.165, 1.54) is 35.0 Å². The van der Waals surface area contributed by atoms with Crippen LogP contribution in [0.3, 0.4) is 0 Å². The number of benzene rings is 2. The molecule has 0 saturated carbocycles. The number of aromatic carboxylic acids is 1. The molecule has 1 heterocycles. The Morgan fingerprint density at radius 3 is 2.38 bits per heavy atom. The van der Waals surface area contributed by atoms with Crippen LogP contribution in [0.25, 0.3) is 5.69 Å². The Kier molecular flexibility index (Phi) is 5.03. The molecule has 0 saturated heterocycles. The summed E-state index contributed by atoms with van der Waals surface area (Å²) in [4.78, 5) is 10.9. The second-order valence-electron chi connectivity index (χ2n) is 6.18. The lowest BCUT2D eigenvalue weighted by Crippen LogP contribution is -2.10. The normalized spacial score (nSPS) is 11.2. The maximum Gasteiger partial charge on any atom is 0.417 e. The molecule has 0 aliphatic heterocycles. The van der Waals surface area contributed by atoms with Crippen molar-refractivity contribution >= 4 is 5.97 Å². The van der Waals surface area contributed by atoms with Crippen molar-refractivity contribution in [2.75, 3.05) is 0 Å². The number of alkyl halides is 3. The van der Waals surface area contributed by atoms with Gasteiger partial charge in [-0.25, -0.2) is 9.48 Å². The average molecular weight is 401 g/mol. The molecule has 9 heteroatoms. The topological polar surface area (TPSA) is 88.1 Å². The van der Waals surface area contributed by atoms with Crippen LogP contribution in [-0.2, 0) is 6.18 Å². The third kappa shape index (κ3) is 3.91. The Morgan fingerprint density at radius 2 is 1.83 bits per heavy atom. The molecule has 0 unspecified atom stereocenters. The minimum absolute atomic E-state index is 0.0961. The predicted octanol–water partition coefficient (Wildman–Crippen LogP) is 4.87. The summed E-state index contributed by atoms with van der Waals surface area (Å²) in [5, 5.41) is 22.1. The lowest BCUT2D eigenvalue weighted by molar-refractivity contribution is -0.137. The molecule has 0 bridgehead atoms. The maximum absolute atomic E-state index is 13.2. The van der Waals surface area contributed by atoms with Gasteiger partial charge in [-0.3, -0.25) is 0 Å². The van der Waals surface area contributed by atoms with Gasteiger partial charge in [-0.2, -0.15) is 23.5 Å². The molecule has 148 valence electrons. The van der Waals surface area contributed by atoms with Gasteiger partial charge in [0.25, 0.3) is 0 Å². The van der Waals surface area contributed by atoms with Crippen molar-refractivity contribution in [1.82, 2.24) is 9.78 Å². The van der Waals surface area contributed by atoms with Gasteiger partial charge in [-0.05, 0) is 56.3 Å². The van der Waals surface area contributed by atoms with E-state index in [2.05, 4.69) is 5.10 Å². The Bertz CT molecular complexity index is 1130. The molecule has 1 N–H and O–H groups in total. The first kappa shape index (κ1) is 19.9. The number of carboxylic acid groups (broad SMARTS) is 1. The molecule has 0 amide bonds. The van der Waals surface area contributed by atoms with E-state index in [0.717, 1.165) is 12.1 Å². The smallest absolute Gasteiger partial charge is 0.417 e. The summed E-state index contributed by atoms with van der Waals surface area (Å²) >= 11 is 0. The van der Waals surface area contributed by atoms with E-state index in [0.29, 0.717) is 22.9 Å². The van der Waals surface area contributed by atoms with E-state index in [1.54, 1.807) is 19.9 Å². The quantitative estimate of drug-likeness (QED) is 0.674. The molecule has 3 aromatic rings. The highest BCUT2D eigenvalue weighted by Crippen LogP contribution is 2.35. The van der Waals surface area contributed by atoms with Crippen molar-refractivity contribution in [2.45, 2.75) is 20.0 Å². The zero-order valence-electron chi connectivity index (χ0n) is 15.3. The second-order valence-corrected chi connectivity index (χ2v) is 6.18. The summed E-state index contributed by atoms with van der Waals surface area (Å²) in [7, 11) is 0. The number of rotatable bonds is 4. The third-order valence-corrected chi connectivity index (χ3v) is 4.22. The van der Waals surface area contributed by atoms with Crippen molar-refractivity contribution in [2.24, 2.45) is 0 Å². The Hall–Kier alpha value is -3.80. The molecule has 29 heavy (non-hydrogen) atoms. The summed E-state index contributed by atoms with van der Waals surface area (Å²) in [6.07, 6.45) is -4.68. The number of aromatic nitrogens is 2. The number of aryl methyl sites for hydroxylation is 1. The summed E-state index contributed by atoms with van der Waals surface area (Å²) in [5.41, 5.74) is -0.410. The number of carbonyl (C=O) groups is 1. The number of nitrogens with zero attached hydrogens (tertiary/aromatic N) is 3. The molecule has 0 aliphatic carbocycles. The number of hydrogen-bond donors (Lipinski definition) is 1. The van der Waals surface area contributed by atoms with Crippen molar-refractivity contribution < 1.29 is 27.8 Å². The SMILES string of the molecule is Cc1nn(-c2ccc(C#N)c(C(F)(F)F)c2)c(C)c1Oc1ccc(C(=O)O)cc1. The Balaban J connectivity index is 2.00. The molecule has 1 aromatic heterocycles. The summed E-state index contributed by atoms with van der Waals surface area (Å²) in [6, 6.07) is 10.6. The highest BCUT2D eigenvalue weighted by Gasteiger charge is 2.34. The number of ether oxygens (including phenoxy) is 1. The number of hydrogen-bond acceptors (Lipinski definition) is 4. The van der Waals surface area contributed by atoms with Crippen LogP contribution in [-0.4, -0.2) is 20.9 Å². The van der Waals surface area contributed by atoms with Crippen molar-refractivity contribution in [1.29, 1.82) is 5.26 Å². The van der Waals surface area contributed by atoms with Crippen LogP contribution in [0.4, 0.5) is 13.2 Å². The Labute approximate surface area is 163 Å². The third-order valence-electron chi connectivity index (χ3n) is 4.22. The van der Waals surface area contributed by atoms with Gasteiger partial charge in [0.05, 0.1) is 34.1 Å². The fourth-order valence-corrected chi connectivity index (χ4v) is 2.81. The molecule has 6 nitrogen and oxygen atoms in total. The fraction of sp³-hybridized carbons (Fsp3) is 0.150. The van der Waals surface area contributed by atoms with Crippen molar-refractivity contribution in [3.63, 3.8) is 0 Å². The van der Waals surface area contributed by atoms with Gasteiger partial charge < -0.3 is 9.84 Å². The van der Waals surface area contributed by atoms with Crippen LogP contribution in [0, 0.1) is 25.2 Å². The first-order valence-electron chi connectivity index (χ1n) is 8.31. The molecular formula is C20H14F3N3O3. The maximum atomic E-state index is 13.2. The van der Waals surface area contributed by atoms with E-state index < -0.39 is 23.3 Å². The van der Waals surface area contributed by atoms with Crippen LogP contribution in [0.15, 0.2) is 42.5 Å². The average Bonchev–Trinajstić information content (AvgIpc) is 2.95. The minimum Gasteiger partial charge on any atom is -0.478 e. The van der Waals surface area contributed by atoms with Crippen molar-refractivity contribution in [3.8, 4) is 23.3 Å². The van der Waals surface area contributed by atoms with E-state index in [1.807, 2.05) is 0 Å². The number of halogens is 3. The monoisotopic (exact) mass is 401 g/mol. The van der Waals surface area contributed by atoms with Crippen LogP contribution >= 0.6 is 0 Å². The highest BCUT2D eigenvalue weighted by atomic mass is 19.4. The number of nitriles is 1. The van der Waals surface area contributed by atoms with Gasteiger partial charge in [0.2, 0.25) is 0 Å². The largest absolute Gasteiger partial charge is 0.478 e.